The van der Waals surface area contributed by atoms with Gasteiger partial charge in [-0.2, -0.15) is 0 Å². The zero-order valence-electron chi connectivity index (χ0n) is 9.73. The topological polar surface area (TPSA) is 34.2 Å². The predicted octanol–water partition coefficient (Wildman–Crippen LogP) is 1.64. The molecule has 0 amide bonds. The SMILES string of the molecule is CCNC(Cc1ccncc1)C(C)OC. The van der Waals surface area contributed by atoms with Crippen LogP contribution >= 0.6 is 0 Å². The molecular weight excluding hydrogens is 188 g/mol. The van der Waals surface area contributed by atoms with Crippen molar-refractivity contribution in [2.45, 2.75) is 32.4 Å². The van der Waals surface area contributed by atoms with E-state index in [1.54, 1.807) is 7.11 Å². The van der Waals surface area contributed by atoms with Crippen LogP contribution < -0.4 is 5.32 Å². The quantitative estimate of drug-likeness (QED) is 0.771. The van der Waals surface area contributed by atoms with Gasteiger partial charge in [0.25, 0.3) is 0 Å². The molecule has 1 aromatic rings. The molecule has 0 saturated carbocycles. The van der Waals surface area contributed by atoms with Crippen LogP contribution in [0.2, 0.25) is 0 Å². The van der Waals surface area contributed by atoms with Gasteiger partial charge in [0.05, 0.1) is 6.10 Å². The van der Waals surface area contributed by atoms with Gasteiger partial charge in [0.2, 0.25) is 0 Å². The first-order valence-electron chi connectivity index (χ1n) is 5.43. The summed E-state index contributed by atoms with van der Waals surface area (Å²) in [4.78, 5) is 4.01. The second-order valence-electron chi connectivity index (χ2n) is 3.66. The molecule has 1 N–H and O–H groups in total. The summed E-state index contributed by atoms with van der Waals surface area (Å²) in [5.74, 6) is 0. The molecule has 1 rings (SSSR count). The summed E-state index contributed by atoms with van der Waals surface area (Å²) in [7, 11) is 1.75. The van der Waals surface area contributed by atoms with Gasteiger partial charge in [0, 0.05) is 25.5 Å². The molecule has 0 aliphatic rings. The summed E-state index contributed by atoms with van der Waals surface area (Å²) >= 11 is 0. The molecule has 0 aliphatic carbocycles. The molecule has 0 fully saturated rings. The minimum absolute atomic E-state index is 0.220. The number of hydrogen-bond donors (Lipinski definition) is 1. The summed E-state index contributed by atoms with van der Waals surface area (Å²) in [6.45, 7) is 5.17. The van der Waals surface area contributed by atoms with Gasteiger partial charge in [-0.3, -0.25) is 4.98 Å². The van der Waals surface area contributed by atoms with E-state index in [9.17, 15) is 0 Å². The van der Waals surface area contributed by atoms with Gasteiger partial charge in [0.15, 0.2) is 0 Å². The molecule has 0 saturated heterocycles. The van der Waals surface area contributed by atoms with Gasteiger partial charge in [-0.15, -0.1) is 0 Å². The van der Waals surface area contributed by atoms with Crippen molar-refractivity contribution in [2.75, 3.05) is 13.7 Å². The van der Waals surface area contributed by atoms with Crippen molar-refractivity contribution in [3.05, 3.63) is 30.1 Å². The van der Waals surface area contributed by atoms with Gasteiger partial charge >= 0.3 is 0 Å². The van der Waals surface area contributed by atoms with E-state index in [4.69, 9.17) is 4.74 Å². The summed E-state index contributed by atoms with van der Waals surface area (Å²) in [6, 6.07) is 4.46. The number of rotatable bonds is 6. The average Bonchev–Trinajstić information content (AvgIpc) is 2.29. The number of methoxy groups -OCH3 is 1. The molecule has 1 heterocycles. The highest BCUT2D eigenvalue weighted by Gasteiger charge is 2.15. The number of pyridine rings is 1. The van der Waals surface area contributed by atoms with E-state index in [0.717, 1.165) is 13.0 Å². The van der Waals surface area contributed by atoms with Crippen LogP contribution in [-0.4, -0.2) is 30.8 Å². The third kappa shape index (κ3) is 3.98. The molecule has 0 radical (unpaired) electrons. The molecule has 84 valence electrons. The Balaban J connectivity index is 2.58. The largest absolute Gasteiger partial charge is 0.380 e. The number of likely N-dealkylation sites (N-methyl/N-ethyl adjacent to an activating group) is 1. The Morgan fingerprint density at radius 3 is 2.60 bits per heavy atom. The third-order valence-corrected chi connectivity index (χ3v) is 2.61. The number of nitrogens with zero attached hydrogens (tertiary/aromatic N) is 1. The summed E-state index contributed by atoms with van der Waals surface area (Å²) in [5.41, 5.74) is 1.29. The lowest BCUT2D eigenvalue weighted by Crippen LogP contribution is -2.40. The number of hydrogen-bond acceptors (Lipinski definition) is 3. The third-order valence-electron chi connectivity index (χ3n) is 2.61. The van der Waals surface area contributed by atoms with Crippen molar-refractivity contribution in [1.82, 2.24) is 10.3 Å². The maximum Gasteiger partial charge on any atom is 0.0699 e. The van der Waals surface area contributed by atoms with E-state index in [-0.39, 0.29) is 6.10 Å². The Kier molecular flexibility index (Phi) is 5.29. The number of ether oxygens (including phenoxy) is 1. The molecule has 0 aromatic carbocycles. The molecule has 0 spiro atoms. The maximum atomic E-state index is 5.36. The zero-order chi connectivity index (χ0) is 11.1. The second-order valence-corrected chi connectivity index (χ2v) is 3.66. The van der Waals surface area contributed by atoms with Crippen LogP contribution in [0.15, 0.2) is 24.5 Å². The van der Waals surface area contributed by atoms with Crippen LogP contribution in [0.1, 0.15) is 19.4 Å². The molecule has 2 atom stereocenters. The normalized spacial score (nSPS) is 14.9. The summed E-state index contributed by atoms with van der Waals surface area (Å²) < 4.78 is 5.36. The van der Waals surface area contributed by atoms with E-state index in [0.29, 0.717) is 6.04 Å². The minimum Gasteiger partial charge on any atom is -0.380 e. The molecule has 1 aromatic heterocycles. The van der Waals surface area contributed by atoms with Crippen molar-refractivity contribution in [3.63, 3.8) is 0 Å². The standard InChI is InChI=1S/C12H20N2O/c1-4-14-12(10(2)15-3)9-11-5-7-13-8-6-11/h5-8,10,12,14H,4,9H2,1-3H3. The molecule has 3 nitrogen and oxygen atoms in total. The number of nitrogens with one attached hydrogen (secondary N) is 1. The lowest BCUT2D eigenvalue weighted by molar-refractivity contribution is 0.0836. The van der Waals surface area contributed by atoms with Crippen LogP contribution in [-0.2, 0) is 11.2 Å². The minimum atomic E-state index is 0.220. The van der Waals surface area contributed by atoms with E-state index in [1.165, 1.54) is 5.56 Å². The van der Waals surface area contributed by atoms with Crippen LogP contribution in [0.5, 0.6) is 0 Å². The highest BCUT2D eigenvalue weighted by atomic mass is 16.5. The highest BCUT2D eigenvalue weighted by molar-refractivity contribution is 5.11. The monoisotopic (exact) mass is 208 g/mol. The molecular formula is C12H20N2O. The fraction of sp³-hybridized carbons (Fsp3) is 0.583. The number of aromatic nitrogens is 1. The second kappa shape index (κ2) is 6.53. The summed E-state index contributed by atoms with van der Waals surface area (Å²) in [6.07, 6.45) is 4.86. The lowest BCUT2D eigenvalue weighted by Gasteiger charge is -2.23. The van der Waals surface area contributed by atoms with Crippen LogP contribution in [0.25, 0.3) is 0 Å². The summed E-state index contributed by atoms with van der Waals surface area (Å²) in [5, 5.41) is 3.44. The molecule has 0 aliphatic heterocycles. The van der Waals surface area contributed by atoms with Gasteiger partial charge in [0.1, 0.15) is 0 Å². The zero-order valence-corrected chi connectivity index (χ0v) is 9.73. The molecule has 2 unspecified atom stereocenters. The Bertz CT molecular complexity index is 264. The van der Waals surface area contributed by atoms with E-state index >= 15 is 0 Å². The molecule has 15 heavy (non-hydrogen) atoms. The smallest absolute Gasteiger partial charge is 0.0699 e. The average molecular weight is 208 g/mol. The molecule has 0 bridgehead atoms. The van der Waals surface area contributed by atoms with Crippen LogP contribution in [0.4, 0.5) is 0 Å². The Morgan fingerprint density at radius 2 is 2.07 bits per heavy atom. The fourth-order valence-corrected chi connectivity index (χ4v) is 1.60. The maximum absolute atomic E-state index is 5.36. The lowest BCUT2D eigenvalue weighted by atomic mass is 10.0. The van der Waals surface area contributed by atoms with E-state index < -0.39 is 0 Å². The van der Waals surface area contributed by atoms with Crippen molar-refractivity contribution in [1.29, 1.82) is 0 Å². The van der Waals surface area contributed by atoms with Crippen LogP contribution in [0, 0.1) is 0 Å². The van der Waals surface area contributed by atoms with Gasteiger partial charge in [-0.1, -0.05) is 6.92 Å². The first-order chi connectivity index (χ1) is 7.27. The predicted molar refractivity (Wildman–Crippen MR) is 61.9 cm³/mol. The first kappa shape index (κ1) is 12.1. The Morgan fingerprint density at radius 1 is 1.40 bits per heavy atom. The fourth-order valence-electron chi connectivity index (χ4n) is 1.60. The molecule has 3 heteroatoms. The first-order valence-corrected chi connectivity index (χ1v) is 5.43. The van der Waals surface area contributed by atoms with Crippen molar-refractivity contribution >= 4 is 0 Å². The van der Waals surface area contributed by atoms with Gasteiger partial charge < -0.3 is 10.1 Å². The highest BCUT2D eigenvalue weighted by Crippen LogP contribution is 2.06. The van der Waals surface area contributed by atoms with E-state index in [1.807, 2.05) is 24.5 Å². The van der Waals surface area contributed by atoms with Crippen molar-refractivity contribution in [2.24, 2.45) is 0 Å². The van der Waals surface area contributed by atoms with Crippen molar-refractivity contribution in [3.8, 4) is 0 Å². The van der Waals surface area contributed by atoms with E-state index in [2.05, 4.69) is 24.1 Å². The van der Waals surface area contributed by atoms with Crippen LogP contribution in [0.3, 0.4) is 0 Å². The van der Waals surface area contributed by atoms with Gasteiger partial charge in [-0.05, 0) is 37.6 Å². The van der Waals surface area contributed by atoms with Crippen molar-refractivity contribution < 1.29 is 4.74 Å². The van der Waals surface area contributed by atoms with Gasteiger partial charge in [-0.25, -0.2) is 0 Å². The Hall–Kier alpha value is -0.930. The Labute approximate surface area is 91.9 Å².